The van der Waals surface area contributed by atoms with Gasteiger partial charge in [0.25, 0.3) is 11.6 Å². The molecule has 1 aliphatic heterocycles. The first-order valence-electron chi connectivity index (χ1n) is 9.03. The van der Waals surface area contributed by atoms with E-state index >= 15 is 0 Å². The van der Waals surface area contributed by atoms with E-state index in [0.717, 1.165) is 32.7 Å². The minimum absolute atomic E-state index is 0.0250. The number of amides is 1. The van der Waals surface area contributed by atoms with Crippen LogP contribution in [0.1, 0.15) is 31.1 Å². The molecule has 1 amide bonds. The number of benzene rings is 1. The number of rotatable bonds is 7. The van der Waals surface area contributed by atoms with Gasteiger partial charge in [-0.3, -0.25) is 19.8 Å². The van der Waals surface area contributed by atoms with Crippen molar-refractivity contribution in [3.05, 3.63) is 33.9 Å². The van der Waals surface area contributed by atoms with Crippen LogP contribution in [0.15, 0.2) is 18.2 Å². The summed E-state index contributed by atoms with van der Waals surface area (Å²) in [7, 11) is 2.11. The summed E-state index contributed by atoms with van der Waals surface area (Å²) in [6.07, 6.45) is 0. The maximum atomic E-state index is 12.1. The van der Waals surface area contributed by atoms with Crippen LogP contribution in [0.2, 0.25) is 0 Å². The van der Waals surface area contributed by atoms with Crippen LogP contribution < -0.4 is 10.6 Å². The highest BCUT2D eigenvalue weighted by Crippen LogP contribution is 2.26. The lowest BCUT2D eigenvalue weighted by atomic mass is 10.1. The molecule has 1 aliphatic rings. The molecule has 144 valence electrons. The van der Waals surface area contributed by atoms with Gasteiger partial charge in [-0.15, -0.1) is 0 Å². The molecule has 26 heavy (non-hydrogen) atoms. The molecule has 1 unspecified atom stereocenters. The van der Waals surface area contributed by atoms with Gasteiger partial charge >= 0.3 is 0 Å². The van der Waals surface area contributed by atoms with Gasteiger partial charge in [0.15, 0.2) is 0 Å². The van der Waals surface area contributed by atoms with Gasteiger partial charge in [-0.25, -0.2) is 0 Å². The summed E-state index contributed by atoms with van der Waals surface area (Å²) in [6.45, 7) is 10.6. The average Bonchev–Trinajstić information content (AvgIpc) is 2.56. The van der Waals surface area contributed by atoms with E-state index in [0.29, 0.717) is 11.3 Å². The summed E-state index contributed by atoms with van der Waals surface area (Å²) < 4.78 is 0. The fraction of sp³-hybridized carbons (Fsp3) is 0.611. The Hall–Kier alpha value is -2.19. The number of anilines is 1. The number of piperazine rings is 1. The third kappa shape index (κ3) is 5.67. The fourth-order valence-corrected chi connectivity index (χ4v) is 3.02. The quantitative estimate of drug-likeness (QED) is 0.567. The Kier molecular flexibility index (Phi) is 6.93. The van der Waals surface area contributed by atoms with Crippen LogP contribution in [-0.4, -0.2) is 72.5 Å². The molecule has 1 fully saturated rings. The van der Waals surface area contributed by atoms with Crippen molar-refractivity contribution in [3.8, 4) is 0 Å². The third-order valence-corrected chi connectivity index (χ3v) is 4.41. The van der Waals surface area contributed by atoms with Crippen molar-refractivity contribution >= 4 is 17.3 Å². The van der Waals surface area contributed by atoms with Crippen LogP contribution in [0.5, 0.6) is 0 Å². The van der Waals surface area contributed by atoms with Crippen molar-refractivity contribution in [2.24, 2.45) is 0 Å². The Morgan fingerprint density at radius 3 is 2.46 bits per heavy atom. The van der Waals surface area contributed by atoms with E-state index < -0.39 is 4.92 Å². The van der Waals surface area contributed by atoms with Gasteiger partial charge in [0.2, 0.25) is 0 Å². The molecular weight excluding hydrogens is 334 g/mol. The van der Waals surface area contributed by atoms with Gasteiger partial charge in [0.1, 0.15) is 5.69 Å². The van der Waals surface area contributed by atoms with Crippen LogP contribution in [0.3, 0.4) is 0 Å². The lowest BCUT2D eigenvalue weighted by molar-refractivity contribution is -0.384. The number of carbonyl (C=O) groups is 1. The molecule has 0 bridgehead atoms. The second kappa shape index (κ2) is 8.95. The van der Waals surface area contributed by atoms with E-state index in [9.17, 15) is 14.9 Å². The van der Waals surface area contributed by atoms with Crippen LogP contribution in [0.4, 0.5) is 11.4 Å². The highest BCUT2D eigenvalue weighted by atomic mass is 16.6. The number of nitro groups is 1. The zero-order chi connectivity index (χ0) is 19.3. The molecule has 8 nitrogen and oxygen atoms in total. The van der Waals surface area contributed by atoms with Crippen LogP contribution in [0, 0.1) is 10.1 Å². The van der Waals surface area contributed by atoms with Crippen LogP contribution in [-0.2, 0) is 0 Å². The average molecular weight is 363 g/mol. The van der Waals surface area contributed by atoms with Gasteiger partial charge in [-0.1, -0.05) is 0 Å². The van der Waals surface area contributed by atoms with Crippen LogP contribution >= 0.6 is 0 Å². The Morgan fingerprint density at radius 2 is 1.88 bits per heavy atom. The maximum absolute atomic E-state index is 12.1. The zero-order valence-corrected chi connectivity index (χ0v) is 16.0. The molecule has 0 aromatic heterocycles. The van der Waals surface area contributed by atoms with Crippen molar-refractivity contribution in [2.75, 3.05) is 45.1 Å². The Labute approximate surface area is 154 Å². The lowest BCUT2D eigenvalue weighted by Crippen LogP contribution is -2.47. The topological polar surface area (TPSA) is 90.8 Å². The summed E-state index contributed by atoms with van der Waals surface area (Å²) in [5.41, 5.74) is 0.659. The Bertz CT molecular complexity index is 642. The first kappa shape index (κ1) is 20.1. The van der Waals surface area contributed by atoms with E-state index in [1.807, 2.05) is 20.8 Å². The van der Waals surface area contributed by atoms with Crippen molar-refractivity contribution in [2.45, 2.75) is 32.9 Å². The molecule has 2 N–H and O–H groups in total. The second-order valence-electron chi connectivity index (χ2n) is 7.27. The van der Waals surface area contributed by atoms with E-state index in [1.54, 1.807) is 12.1 Å². The molecule has 0 aliphatic carbocycles. The Balaban J connectivity index is 2.05. The number of hydrogen-bond donors (Lipinski definition) is 2. The molecule has 1 atom stereocenters. The predicted molar refractivity (Wildman–Crippen MR) is 103 cm³/mol. The maximum Gasteiger partial charge on any atom is 0.293 e. The summed E-state index contributed by atoms with van der Waals surface area (Å²) >= 11 is 0. The largest absolute Gasteiger partial charge is 0.376 e. The monoisotopic (exact) mass is 363 g/mol. The molecule has 0 saturated carbocycles. The standard InChI is InChI=1S/C18H29N5O3/c1-13(2)19-18(24)15-5-6-16(17(11-15)23(25)26)20-14(3)12-22-9-7-21(4)8-10-22/h5-6,11,13-14,20H,7-10,12H2,1-4H3,(H,19,24). The molecule has 1 aromatic carbocycles. The SMILES string of the molecule is CC(C)NC(=O)c1ccc(NC(C)CN2CCN(C)CC2)c([N+](=O)[O-])c1. The van der Waals surface area contributed by atoms with E-state index in [2.05, 4.69) is 27.5 Å². The molecule has 1 heterocycles. The predicted octanol–water partition coefficient (Wildman–Crippen LogP) is 1.78. The van der Waals surface area contributed by atoms with E-state index in [1.165, 1.54) is 6.07 Å². The summed E-state index contributed by atoms with van der Waals surface area (Å²) in [6, 6.07) is 4.61. The highest BCUT2D eigenvalue weighted by Gasteiger charge is 2.21. The van der Waals surface area contributed by atoms with Gasteiger partial charge in [0, 0.05) is 56.4 Å². The smallest absolute Gasteiger partial charge is 0.293 e. The lowest BCUT2D eigenvalue weighted by Gasteiger charge is -2.34. The number of nitro benzene ring substituents is 1. The molecule has 0 radical (unpaired) electrons. The second-order valence-corrected chi connectivity index (χ2v) is 7.27. The normalized spacial score (nSPS) is 17.1. The number of likely N-dealkylation sites (N-methyl/N-ethyl adjacent to an activating group) is 1. The van der Waals surface area contributed by atoms with Crippen molar-refractivity contribution in [1.29, 1.82) is 0 Å². The van der Waals surface area contributed by atoms with Gasteiger partial charge < -0.3 is 15.5 Å². The fourth-order valence-electron chi connectivity index (χ4n) is 3.02. The Morgan fingerprint density at radius 1 is 1.23 bits per heavy atom. The number of nitrogens with one attached hydrogen (secondary N) is 2. The first-order valence-corrected chi connectivity index (χ1v) is 9.03. The van der Waals surface area contributed by atoms with Crippen molar-refractivity contribution in [1.82, 2.24) is 15.1 Å². The summed E-state index contributed by atoms with van der Waals surface area (Å²) in [5, 5.41) is 17.4. The van der Waals surface area contributed by atoms with Crippen LogP contribution in [0.25, 0.3) is 0 Å². The van der Waals surface area contributed by atoms with Crippen molar-refractivity contribution < 1.29 is 9.72 Å². The first-order chi connectivity index (χ1) is 12.3. The minimum atomic E-state index is -0.447. The zero-order valence-electron chi connectivity index (χ0n) is 16.0. The summed E-state index contributed by atoms with van der Waals surface area (Å²) in [5.74, 6) is -0.305. The highest BCUT2D eigenvalue weighted by molar-refractivity contribution is 5.95. The molecule has 1 saturated heterocycles. The number of hydrogen-bond acceptors (Lipinski definition) is 6. The van der Waals surface area contributed by atoms with E-state index in [-0.39, 0.29) is 23.7 Å². The molecular formula is C18H29N5O3. The van der Waals surface area contributed by atoms with Gasteiger partial charge in [0.05, 0.1) is 4.92 Å². The third-order valence-electron chi connectivity index (χ3n) is 4.41. The van der Waals surface area contributed by atoms with Gasteiger partial charge in [-0.05, 0) is 40.0 Å². The molecule has 2 rings (SSSR count). The van der Waals surface area contributed by atoms with E-state index in [4.69, 9.17) is 0 Å². The minimum Gasteiger partial charge on any atom is -0.376 e. The molecule has 0 spiro atoms. The molecule has 1 aromatic rings. The van der Waals surface area contributed by atoms with Gasteiger partial charge in [-0.2, -0.15) is 0 Å². The number of nitrogens with zero attached hydrogens (tertiary/aromatic N) is 3. The summed E-state index contributed by atoms with van der Waals surface area (Å²) in [4.78, 5) is 27.7. The number of carbonyl (C=O) groups excluding carboxylic acids is 1. The van der Waals surface area contributed by atoms with Crippen molar-refractivity contribution in [3.63, 3.8) is 0 Å². The molecule has 8 heteroatoms.